The van der Waals surface area contributed by atoms with Crippen molar-refractivity contribution in [1.82, 2.24) is 4.98 Å². The number of aromatic nitrogens is 1. The second-order valence-corrected chi connectivity index (χ2v) is 13.8. The number of aromatic hydroxyl groups is 1. The van der Waals surface area contributed by atoms with Gasteiger partial charge >= 0.3 is 0 Å². The van der Waals surface area contributed by atoms with Gasteiger partial charge in [0.05, 0.1) is 22.9 Å². The predicted octanol–water partition coefficient (Wildman–Crippen LogP) is 6.83. The Morgan fingerprint density at radius 3 is 2.06 bits per heavy atom. The summed E-state index contributed by atoms with van der Waals surface area (Å²) in [5.74, 6) is 2.09. The van der Waals surface area contributed by atoms with Crippen LogP contribution in [-0.4, -0.2) is 25.1 Å². The number of rotatable bonds is 8. The van der Waals surface area contributed by atoms with Crippen LogP contribution in [-0.2, 0) is 37.3 Å². The Bertz CT molecular complexity index is 1280. The lowest BCUT2D eigenvalue weighted by Crippen LogP contribution is -2.17. The van der Waals surface area contributed by atoms with Crippen molar-refractivity contribution in [3.05, 3.63) is 70.4 Å². The zero-order valence-electron chi connectivity index (χ0n) is 22.4. The van der Waals surface area contributed by atoms with Crippen LogP contribution >= 0.6 is 11.8 Å². The molecule has 1 aromatic heterocycles. The van der Waals surface area contributed by atoms with E-state index in [0.29, 0.717) is 35.3 Å². The van der Waals surface area contributed by atoms with Crippen LogP contribution in [0.2, 0.25) is 0 Å². The van der Waals surface area contributed by atoms with Crippen molar-refractivity contribution in [1.29, 1.82) is 0 Å². The molecule has 0 saturated heterocycles. The number of phenolic OH excluding ortho intramolecular Hbond substituents is 1. The van der Waals surface area contributed by atoms with Crippen LogP contribution in [0.4, 0.5) is 0 Å². The number of aryl methyl sites for hydroxylation is 2. The van der Waals surface area contributed by atoms with Crippen LogP contribution in [0.5, 0.6) is 5.75 Å². The SMILES string of the molecule is Cc1ccc(S(=O)(=O)OCCc2nc(CSc3cc(C(C)(C)C)c(O)c(C(C)(C)C)c3)oc2C)cc1. The summed E-state index contributed by atoms with van der Waals surface area (Å²) in [6.07, 6.45) is 0.326. The molecule has 0 bridgehead atoms. The van der Waals surface area contributed by atoms with Crippen molar-refractivity contribution >= 4 is 21.9 Å². The fraction of sp³-hybridized carbons (Fsp3) is 0.464. The van der Waals surface area contributed by atoms with Gasteiger partial charge in [0, 0.05) is 22.4 Å². The van der Waals surface area contributed by atoms with E-state index in [-0.39, 0.29) is 22.3 Å². The summed E-state index contributed by atoms with van der Waals surface area (Å²) in [4.78, 5) is 5.75. The van der Waals surface area contributed by atoms with Crippen molar-refractivity contribution in [2.75, 3.05) is 6.61 Å². The quantitative estimate of drug-likeness (QED) is 0.252. The third kappa shape index (κ3) is 6.93. The van der Waals surface area contributed by atoms with Gasteiger partial charge < -0.3 is 9.52 Å². The summed E-state index contributed by atoms with van der Waals surface area (Å²) in [6, 6.07) is 10.6. The molecule has 0 fully saturated rings. The van der Waals surface area contributed by atoms with E-state index in [1.165, 1.54) is 0 Å². The molecule has 0 radical (unpaired) electrons. The van der Waals surface area contributed by atoms with Crippen molar-refractivity contribution in [2.24, 2.45) is 0 Å². The lowest BCUT2D eigenvalue weighted by Gasteiger charge is -2.28. The Hall–Kier alpha value is -2.29. The third-order valence-corrected chi connectivity index (χ3v) is 8.17. The fourth-order valence-corrected chi connectivity index (χ4v) is 5.51. The van der Waals surface area contributed by atoms with Gasteiger partial charge in [-0.2, -0.15) is 8.42 Å². The highest BCUT2D eigenvalue weighted by molar-refractivity contribution is 7.98. The van der Waals surface area contributed by atoms with E-state index in [4.69, 9.17) is 8.60 Å². The smallest absolute Gasteiger partial charge is 0.296 e. The first kappa shape index (κ1) is 28.3. The molecule has 0 spiro atoms. The second kappa shape index (κ2) is 10.6. The van der Waals surface area contributed by atoms with Gasteiger partial charge in [-0.15, -0.1) is 11.8 Å². The maximum absolute atomic E-state index is 12.4. The molecule has 8 heteroatoms. The van der Waals surface area contributed by atoms with E-state index >= 15 is 0 Å². The zero-order valence-corrected chi connectivity index (χ0v) is 24.1. The Morgan fingerprint density at radius 1 is 0.972 bits per heavy atom. The van der Waals surface area contributed by atoms with Gasteiger partial charge in [-0.05, 0) is 48.9 Å². The first-order valence-corrected chi connectivity index (χ1v) is 14.4. The molecule has 1 N–H and O–H groups in total. The Labute approximate surface area is 219 Å². The molecule has 196 valence electrons. The minimum absolute atomic E-state index is 0.0159. The van der Waals surface area contributed by atoms with Gasteiger partial charge in [-0.25, -0.2) is 4.98 Å². The number of nitrogens with zero attached hydrogens (tertiary/aromatic N) is 1. The van der Waals surface area contributed by atoms with Crippen molar-refractivity contribution < 1.29 is 22.1 Å². The Kier molecular flexibility index (Phi) is 8.33. The van der Waals surface area contributed by atoms with Gasteiger partial charge in [0.15, 0.2) is 0 Å². The molecule has 0 unspecified atom stereocenters. The number of thioether (sulfide) groups is 1. The summed E-state index contributed by atoms with van der Waals surface area (Å²) in [5, 5.41) is 10.9. The molecule has 6 nitrogen and oxygen atoms in total. The monoisotopic (exact) mass is 531 g/mol. The van der Waals surface area contributed by atoms with Gasteiger partial charge in [0.25, 0.3) is 10.1 Å². The van der Waals surface area contributed by atoms with Gasteiger partial charge in [-0.1, -0.05) is 59.2 Å². The van der Waals surface area contributed by atoms with Gasteiger partial charge in [0.1, 0.15) is 11.5 Å². The number of oxazole rings is 1. The summed E-state index contributed by atoms with van der Waals surface area (Å²) in [5.41, 5.74) is 3.08. The normalized spacial score (nSPS) is 12.8. The minimum atomic E-state index is -3.82. The first-order chi connectivity index (χ1) is 16.6. The number of hydrogen-bond donors (Lipinski definition) is 1. The Morgan fingerprint density at radius 2 is 1.53 bits per heavy atom. The van der Waals surface area contributed by atoms with E-state index < -0.39 is 10.1 Å². The molecular weight excluding hydrogens is 494 g/mol. The summed E-state index contributed by atoms with van der Waals surface area (Å²) >= 11 is 1.60. The molecule has 3 rings (SSSR count). The van der Waals surface area contributed by atoms with E-state index in [1.54, 1.807) is 36.0 Å². The molecule has 0 saturated carbocycles. The second-order valence-electron chi connectivity index (χ2n) is 11.1. The van der Waals surface area contributed by atoms with Crippen molar-refractivity contribution in [3.8, 4) is 5.75 Å². The highest BCUT2D eigenvalue weighted by atomic mass is 32.2. The summed E-state index contributed by atoms with van der Waals surface area (Å²) in [6.45, 7) is 16.2. The highest BCUT2D eigenvalue weighted by Crippen LogP contribution is 2.42. The van der Waals surface area contributed by atoms with Gasteiger partial charge in [-0.3, -0.25) is 4.18 Å². The maximum atomic E-state index is 12.4. The number of hydrogen-bond acceptors (Lipinski definition) is 7. The van der Waals surface area contributed by atoms with E-state index in [0.717, 1.165) is 21.6 Å². The standard InChI is InChI=1S/C28H37NO5S2/c1-18-9-11-21(12-10-18)36(31,32)33-14-13-24-19(2)34-25(29-24)17-35-20-15-22(27(3,4)5)26(30)23(16-20)28(6,7)8/h9-12,15-16,30H,13-14,17H2,1-8H3. The minimum Gasteiger partial charge on any atom is -0.507 e. The summed E-state index contributed by atoms with van der Waals surface area (Å²) in [7, 11) is -3.82. The molecular formula is C28H37NO5S2. The lowest BCUT2D eigenvalue weighted by molar-refractivity contribution is 0.320. The molecule has 0 aliphatic heterocycles. The fourth-order valence-electron chi connectivity index (χ4n) is 3.78. The molecule has 0 amide bonds. The molecule has 36 heavy (non-hydrogen) atoms. The van der Waals surface area contributed by atoms with Crippen LogP contribution in [0.3, 0.4) is 0 Å². The third-order valence-electron chi connectivity index (χ3n) is 5.89. The lowest BCUT2D eigenvalue weighted by atomic mass is 9.79. The van der Waals surface area contributed by atoms with Crippen LogP contribution in [0.15, 0.2) is 50.6 Å². The Balaban J connectivity index is 1.69. The number of phenols is 1. The van der Waals surface area contributed by atoms with E-state index in [9.17, 15) is 13.5 Å². The number of benzene rings is 2. The van der Waals surface area contributed by atoms with Crippen LogP contribution in [0.25, 0.3) is 0 Å². The molecule has 0 aliphatic rings. The molecule has 0 atom stereocenters. The van der Waals surface area contributed by atoms with Crippen molar-refractivity contribution in [2.45, 2.75) is 88.2 Å². The zero-order chi connectivity index (χ0) is 26.9. The predicted molar refractivity (Wildman–Crippen MR) is 144 cm³/mol. The van der Waals surface area contributed by atoms with Gasteiger partial charge in [0.2, 0.25) is 5.89 Å². The van der Waals surface area contributed by atoms with Crippen LogP contribution in [0, 0.1) is 13.8 Å². The topological polar surface area (TPSA) is 89.6 Å². The van der Waals surface area contributed by atoms with E-state index in [1.807, 2.05) is 26.0 Å². The van der Waals surface area contributed by atoms with Crippen molar-refractivity contribution in [3.63, 3.8) is 0 Å². The van der Waals surface area contributed by atoms with E-state index in [2.05, 4.69) is 46.5 Å². The first-order valence-electron chi connectivity index (χ1n) is 12.0. The average Bonchev–Trinajstić information content (AvgIpc) is 3.11. The molecule has 1 heterocycles. The molecule has 3 aromatic rings. The summed E-state index contributed by atoms with van der Waals surface area (Å²) < 4.78 is 35.9. The largest absolute Gasteiger partial charge is 0.507 e. The van der Waals surface area contributed by atoms with Crippen LogP contribution < -0.4 is 0 Å². The van der Waals surface area contributed by atoms with Crippen LogP contribution in [0.1, 0.15) is 75.6 Å². The average molecular weight is 532 g/mol. The maximum Gasteiger partial charge on any atom is 0.296 e. The highest BCUT2D eigenvalue weighted by Gasteiger charge is 2.27. The molecule has 2 aromatic carbocycles. The molecule has 0 aliphatic carbocycles.